The SMILES string of the molecule is O=C(CSc1nnc(N2CCCC2)n1C1CC1)Nc1c(Cl)cccc1C(F)(F)F. The molecular formula is C18H19ClF3N5OS. The molecule has 1 saturated heterocycles. The number of amides is 1. The molecule has 1 aliphatic heterocycles. The van der Waals surface area contributed by atoms with Gasteiger partial charge in [-0.1, -0.05) is 29.4 Å². The van der Waals surface area contributed by atoms with Crippen LogP contribution in [0.15, 0.2) is 23.4 Å². The highest BCUT2D eigenvalue weighted by molar-refractivity contribution is 7.99. The third-order valence-corrected chi connectivity index (χ3v) is 6.12. The van der Waals surface area contributed by atoms with Gasteiger partial charge in [0.25, 0.3) is 0 Å². The maximum Gasteiger partial charge on any atom is 0.418 e. The van der Waals surface area contributed by atoms with Crippen molar-refractivity contribution in [3.8, 4) is 0 Å². The van der Waals surface area contributed by atoms with Crippen molar-refractivity contribution in [1.29, 1.82) is 0 Å². The molecule has 0 bridgehead atoms. The van der Waals surface area contributed by atoms with Crippen LogP contribution in [0.3, 0.4) is 0 Å². The number of alkyl halides is 3. The molecule has 2 aromatic rings. The van der Waals surface area contributed by atoms with Gasteiger partial charge in [0.05, 0.1) is 22.0 Å². The number of hydrogen-bond acceptors (Lipinski definition) is 5. The Morgan fingerprint density at radius 1 is 1.24 bits per heavy atom. The Balaban J connectivity index is 1.46. The number of hydrogen-bond donors (Lipinski definition) is 1. The molecule has 1 aliphatic carbocycles. The number of thioether (sulfide) groups is 1. The topological polar surface area (TPSA) is 63.1 Å². The first-order valence-electron chi connectivity index (χ1n) is 9.33. The minimum absolute atomic E-state index is 0.0899. The lowest BCUT2D eigenvalue weighted by molar-refractivity contribution is -0.137. The van der Waals surface area contributed by atoms with Crippen molar-refractivity contribution in [1.82, 2.24) is 14.8 Å². The van der Waals surface area contributed by atoms with Crippen molar-refractivity contribution in [2.45, 2.75) is 43.1 Å². The number of para-hydroxylation sites is 1. The van der Waals surface area contributed by atoms with Gasteiger partial charge in [-0.3, -0.25) is 9.36 Å². The number of anilines is 2. The van der Waals surface area contributed by atoms with Crippen LogP contribution in [-0.2, 0) is 11.0 Å². The van der Waals surface area contributed by atoms with Crippen LogP contribution in [0.2, 0.25) is 5.02 Å². The predicted molar refractivity (Wildman–Crippen MR) is 106 cm³/mol. The number of carbonyl (C=O) groups is 1. The maximum absolute atomic E-state index is 13.2. The van der Waals surface area contributed by atoms with Gasteiger partial charge in [-0.15, -0.1) is 10.2 Å². The molecule has 1 saturated carbocycles. The van der Waals surface area contributed by atoms with E-state index in [2.05, 4.69) is 25.0 Å². The van der Waals surface area contributed by atoms with E-state index in [1.54, 1.807) is 0 Å². The lowest BCUT2D eigenvalue weighted by atomic mass is 10.1. The van der Waals surface area contributed by atoms with Gasteiger partial charge in [0, 0.05) is 19.1 Å². The van der Waals surface area contributed by atoms with Gasteiger partial charge in [-0.05, 0) is 37.8 Å². The van der Waals surface area contributed by atoms with E-state index in [1.165, 1.54) is 23.9 Å². The summed E-state index contributed by atoms with van der Waals surface area (Å²) in [5, 5.41) is 11.3. The standard InChI is InChI=1S/C18H19ClF3N5OS/c19-13-5-3-4-12(18(20,21)22)15(13)23-14(28)10-29-17-25-24-16(26-8-1-2-9-26)27(17)11-6-7-11/h3-5,11H,1-2,6-10H2,(H,23,28). The summed E-state index contributed by atoms with van der Waals surface area (Å²) in [4.78, 5) is 14.5. The lowest BCUT2D eigenvalue weighted by Gasteiger charge is -2.18. The van der Waals surface area contributed by atoms with Gasteiger partial charge >= 0.3 is 6.18 Å². The monoisotopic (exact) mass is 445 g/mol. The largest absolute Gasteiger partial charge is 0.418 e. The number of nitrogens with one attached hydrogen (secondary N) is 1. The van der Waals surface area contributed by atoms with Crippen molar-refractivity contribution >= 4 is 40.9 Å². The highest BCUT2D eigenvalue weighted by atomic mass is 35.5. The van der Waals surface area contributed by atoms with E-state index in [-0.39, 0.29) is 10.8 Å². The Bertz CT molecular complexity index is 909. The second-order valence-electron chi connectivity index (χ2n) is 7.07. The average molecular weight is 446 g/mol. The molecule has 11 heteroatoms. The van der Waals surface area contributed by atoms with Crippen molar-refractivity contribution in [2.24, 2.45) is 0 Å². The first-order chi connectivity index (χ1) is 13.8. The molecule has 0 radical (unpaired) electrons. The zero-order valence-electron chi connectivity index (χ0n) is 15.4. The molecule has 2 aliphatic rings. The zero-order chi connectivity index (χ0) is 20.6. The van der Waals surface area contributed by atoms with E-state index < -0.39 is 23.3 Å². The Labute approximate surface area is 174 Å². The highest BCUT2D eigenvalue weighted by Gasteiger charge is 2.35. The third kappa shape index (κ3) is 4.48. The Morgan fingerprint density at radius 3 is 2.62 bits per heavy atom. The van der Waals surface area contributed by atoms with Gasteiger partial charge in [-0.2, -0.15) is 13.2 Å². The highest BCUT2D eigenvalue weighted by Crippen LogP contribution is 2.42. The van der Waals surface area contributed by atoms with Crippen LogP contribution in [0.5, 0.6) is 0 Å². The van der Waals surface area contributed by atoms with E-state index >= 15 is 0 Å². The van der Waals surface area contributed by atoms with Crippen molar-refractivity contribution in [3.63, 3.8) is 0 Å². The Morgan fingerprint density at radius 2 is 1.97 bits per heavy atom. The van der Waals surface area contributed by atoms with E-state index in [1.807, 2.05) is 0 Å². The summed E-state index contributed by atoms with van der Waals surface area (Å²) >= 11 is 7.06. The Hall–Kier alpha value is -1.94. The zero-order valence-corrected chi connectivity index (χ0v) is 16.9. The fourth-order valence-electron chi connectivity index (χ4n) is 3.35. The van der Waals surface area contributed by atoms with E-state index in [9.17, 15) is 18.0 Å². The van der Waals surface area contributed by atoms with Crippen LogP contribution >= 0.6 is 23.4 Å². The summed E-state index contributed by atoms with van der Waals surface area (Å²) in [7, 11) is 0. The molecule has 1 aromatic carbocycles. The molecule has 4 rings (SSSR count). The molecule has 1 aromatic heterocycles. The molecule has 6 nitrogen and oxygen atoms in total. The van der Waals surface area contributed by atoms with Gasteiger partial charge in [-0.25, -0.2) is 0 Å². The lowest BCUT2D eigenvalue weighted by Crippen LogP contribution is -2.22. The summed E-state index contributed by atoms with van der Waals surface area (Å²) in [6.45, 7) is 1.87. The molecule has 2 heterocycles. The normalized spacial score (nSPS) is 17.0. The fourth-order valence-corrected chi connectivity index (χ4v) is 4.37. The van der Waals surface area contributed by atoms with Crippen molar-refractivity contribution in [2.75, 3.05) is 29.1 Å². The van der Waals surface area contributed by atoms with E-state index in [4.69, 9.17) is 11.6 Å². The third-order valence-electron chi connectivity index (χ3n) is 4.86. The van der Waals surface area contributed by atoms with Gasteiger partial charge in [0.1, 0.15) is 0 Å². The number of benzene rings is 1. The number of rotatable bonds is 6. The quantitative estimate of drug-likeness (QED) is 0.657. The van der Waals surface area contributed by atoms with Crippen molar-refractivity contribution < 1.29 is 18.0 Å². The molecule has 1 amide bonds. The number of carbonyl (C=O) groups excluding carboxylic acids is 1. The van der Waals surface area contributed by atoms with Crippen LogP contribution in [0.1, 0.15) is 37.3 Å². The van der Waals surface area contributed by atoms with Crippen LogP contribution in [0.4, 0.5) is 24.8 Å². The van der Waals surface area contributed by atoms with Gasteiger partial charge < -0.3 is 10.2 Å². The molecule has 1 N–H and O–H groups in total. The second-order valence-corrected chi connectivity index (χ2v) is 8.42. The fraction of sp³-hybridized carbons (Fsp3) is 0.500. The molecule has 0 atom stereocenters. The van der Waals surface area contributed by atoms with E-state index in [0.29, 0.717) is 11.2 Å². The second kappa shape index (κ2) is 8.06. The summed E-state index contributed by atoms with van der Waals surface area (Å²) in [5.74, 6) is 0.146. The molecule has 2 fully saturated rings. The van der Waals surface area contributed by atoms with Gasteiger partial charge in [0.2, 0.25) is 11.9 Å². The van der Waals surface area contributed by atoms with Crippen LogP contribution in [-0.4, -0.2) is 39.5 Å². The first-order valence-corrected chi connectivity index (χ1v) is 10.7. The molecule has 0 unspecified atom stereocenters. The predicted octanol–water partition coefficient (Wildman–Crippen LogP) is 4.62. The molecule has 29 heavy (non-hydrogen) atoms. The van der Waals surface area contributed by atoms with Crippen LogP contribution in [0, 0.1) is 0 Å². The number of halogens is 4. The van der Waals surface area contributed by atoms with Crippen LogP contribution in [0.25, 0.3) is 0 Å². The van der Waals surface area contributed by atoms with Gasteiger partial charge in [0.15, 0.2) is 5.16 Å². The summed E-state index contributed by atoms with van der Waals surface area (Å²) in [6, 6.07) is 3.73. The van der Waals surface area contributed by atoms with Crippen LogP contribution < -0.4 is 10.2 Å². The molecule has 0 spiro atoms. The summed E-state index contributed by atoms with van der Waals surface area (Å²) < 4.78 is 41.6. The number of aromatic nitrogens is 3. The first kappa shape index (κ1) is 20.3. The van der Waals surface area contributed by atoms with E-state index in [0.717, 1.165) is 50.8 Å². The average Bonchev–Trinajstić information content (AvgIpc) is 3.18. The number of nitrogens with zero attached hydrogens (tertiary/aromatic N) is 4. The summed E-state index contributed by atoms with van der Waals surface area (Å²) in [6.07, 6.45) is -0.318. The molecule has 156 valence electrons. The minimum atomic E-state index is -4.61. The smallest absolute Gasteiger partial charge is 0.341 e. The summed E-state index contributed by atoms with van der Waals surface area (Å²) in [5.41, 5.74) is -1.39. The maximum atomic E-state index is 13.2. The Kier molecular flexibility index (Phi) is 5.65. The minimum Gasteiger partial charge on any atom is -0.341 e. The van der Waals surface area contributed by atoms with Crippen molar-refractivity contribution in [3.05, 3.63) is 28.8 Å². The molecular weight excluding hydrogens is 427 g/mol.